The highest BCUT2D eigenvalue weighted by atomic mass is 16.5. The minimum Gasteiger partial charge on any atom is -0.369 e. The Kier molecular flexibility index (Phi) is 4.28. The molecular formula is C14H31NO. The van der Waals surface area contributed by atoms with Gasteiger partial charge in [0.1, 0.15) is 0 Å². The number of ether oxygens (including phenoxy) is 1. The average Bonchev–Trinajstić information content (AvgIpc) is 1.72. The molecule has 2 N–H and O–H groups in total. The van der Waals surface area contributed by atoms with Crippen molar-refractivity contribution in [2.24, 2.45) is 11.1 Å². The SMILES string of the molecule is CC(C)(N)CC(C)(C)C(C)(C)OC(C)(C)C. The minimum atomic E-state index is -0.193. The van der Waals surface area contributed by atoms with Crippen LogP contribution in [0.25, 0.3) is 0 Å². The maximum atomic E-state index is 6.18. The molecule has 0 aromatic heterocycles. The second kappa shape index (κ2) is 4.30. The maximum Gasteiger partial charge on any atom is 0.0684 e. The van der Waals surface area contributed by atoms with Crippen molar-refractivity contribution in [3.63, 3.8) is 0 Å². The average molecular weight is 229 g/mol. The van der Waals surface area contributed by atoms with Gasteiger partial charge in [0.15, 0.2) is 0 Å². The first kappa shape index (κ1) is 15.9. The van der Waals surface area contributed by atoms with E-state index in [0.717, 1.165) is 6.42 Å². The lowest BCUT2D eigenvalue weighted by atomic mass is 9.69. The summed E-state index contributed by atoms with van der Waals surface area (Å²) in [6.45, 7) is 19.2. The summed E-state index contributed by atoms with van der Waals surface area (Å²) < 4.78 is 6.18. The summed E-state index contributed by atoms with van der Waals surface area (Å²) in [6.07, 6.45) is 0.934. The van der Waals surface area contributed by atoms with Gasteiger partial charge < -0.3 is 10.5 Å². The van der Waals surface area contributed by atoms with Crippen LogP contribution in [0.1, 0.15) is 68.7 Å². The molecule has 2 heteroatoms. The fourth-order valence-electron chi connectivity index (χ4n) is 2.26. The van der Waals surface area contributed by atoms with Gasteiger partial charge in [0.05, 0.1) is 11.2 Å². The van der Waals surface area contributed by atoms with E-state index in [1.54, 1.807) is 0 Å². The van der Waals surface area contributed by atoms with Crippen LogP contribution in [0.2, 0.25) is 0 Å². The highest BCUT2D eigenvalue weighted by Crippen LogP contribution is 2.41. The molecule has 0 amide bonds. The Morgan fingerprint density at radius 3 is 1.44 bits per heavy atom. The summed E-state index contributed by atoms with van der Waals surface area (Å²) in [4.78, 5) is 0. The predicted octanol–water partition coefficient (Wildman–Crippen LogP) is 3.73. The van der Waals surface area contributed by atoms with E-state index in [1.165, 1.54) is 0 Å². The van der Waals surface area contributed by atoms with E-state index in [4.69, 9.17) is 10.5 Å². The zero-order valence-corrected chi connectivity index (χ0v) is 12.7. The summed E-state index contributed by atoms with van der Waals surface area (Å²) in [5.74, 6) is 0. The topological polar surface area (TPSA) is 35.2 Å². The Labute approximate surface area is 102 Å². The first-order valence-corrected chi connectivity index (χ1v) is 6.15. The highest BCUT2D eigenvalue weighted by Gasteiger charge is 2.42. The molecule has 0 radical (unpaired) electrons. The van der Waals surface area contributed by atoms with Crippen LogP contribution in [0.15, 0.2) is 0 Å². The Balaban J connectivity index is 4.85. The molecule has 0 bridgehead atoms. The number of rotatable bonds is 4. The van der Waals surface area contributed by atoms with E-state index >= 15 is 0 Å². The van der Waals surface area contributed by atoms with Gasteiger partial charge in [-0.3, -0.25) is 0 Å². The van der Waals surface area contributed by atoms with E-state index < -0.39 is 0 Å². The molecule has 98 valence electrons. The normalized spacial score (nSPS) is 15.4. The van der Waals surface area contributed by atoms with Gasteiger partial charge in [0.25, 0.3) is 0 Å². The second-order valence-corrected chi connectivity index (χ2v) is 7.77. The predicted molar refractivity (Wildman–Crippen MR) is 71.6 cm³/mol. The van der Waals surface area contributed by atoms with Crippen LogP contribution < -0.4 is 5.73 Å². The highest BCUT2D eigenvalue weighted by molar-refractivity contribution is 4.94. The first-order chi connectivity index (χ1) is 6.66. The van der Waals surface area contributed by atoms with Gasteiger partial charge in [-0.05, 0) is 60.3 Å². The molecule has 16 heavy (non-hydrogen) atoms. The Morgan fingerprint density at radius 1 is 0.812 bits per heavy atom. The van der Waals surface area contributed by atoms with Crippen molar-refractivity contribution in [3.8, 4) is 0 Å². The minimum absolute atomic E-state index is 0.0402. The molecule has 0 spiro atoms. The Bertz CT molecular complexity index is 202. The number of hydrogen-bond acceptors (Lipinski definition) is 2. The molecule has 0 rings (SSSR count). The zero-order valence-electron chi connectivity index (χ0n) is 12.7. The molecule has 0 aliphatic heterocycles. The van der Waals surface area contributed by atoms with Crippen LogP contribution in [0, 0.1) is 5.41 Å². The van der Waals surface area contributed by atoms with Gasteiger partial charge in [-0.15, -0.1) is 0 Å². The van der Waals surface area contributed by atoms with Crippen molar-refractivity contribution in [1.29, 1.82) is 0 Å². The lowest BCUT2D eigenvalue weighted by Gasteiger charge is -2.47. The van der Waals surface area contributed by atoms with Crippen LogP contribution in [0.5, 0.6) is 0 Å². The zero-order chi connectivity index (χ0) is 13.4. The second-order valence-electron chi connectivity index (χ2n) is 7.77. The lowest BCUT2D eigenvalue weighted by Crippen LogP contribution is -2.51. The molecule has 0 saturated carbocycles. The van der Waals surface area contributed by atoms with Crippen molar-refractivity contribution in [1.82, 2.24) is 0 Å². The van der Waals surface area contributed by atoms with Gasteiger partial charge in [-0.2, -0.15) is 0 Å². The van der Waals surface area contributed by atoms with Crippen LogP contribution in [-0.4, -0.2) is 16.7 Å². The maximum absolute atomic E-state index is 6.18. The monoisotopic (exact) mass is 229 g/mol. The first-order valence-electron chi connectivity index (χ1n) is 6.15. The fraction of sp³-hybridized carbons (Fsp3) is 1.00. The molecular weight excluding hydrogens is 198 g/mol. The third-order valence-corrected chi connectivity index (χ3v) is 3.09. The summed E-state index contributed by atoms with van der Waals surface area (Å²) in [5, 5.41) is 0. The van der Waals surface area contributed by atoms with Gasteiger partial charge in [-0.25, -0.2) is 0 Å². The lowest BCUT2D eigenvalue weighted by molar-refractivity contribution is -0.172. The molecule has 0 saturated heterocycles. The van der Waals surface area contributed by atoms with E-state index in [0.29, 0.717) is 0 Å². The Morgan fingerprint density at radius 2 is 1.19 bits per heavy atom. The molecule has 0 aromatic carbocycles. The van der Waals surface area contributed by atoms with E-state index in [2.05, 4.69) is 62.3 Å². The molecule has 0 aromatic rings. The molecule has 0 aliphatic carbocycles. The van der Waals surface area contributed by atoms with Gasteiger partial charge >= 0.3 is 0 Å². The van der Waals surface area contributed by atoms with Crippen molar-refractivity contribution in [2.45, 2.75) is 85.5 Å². The smallest absolute Gasteiger partial charge is 0.0684 e. The van der Waals surface area contributed by atoms with Gasteiger partial charge in [-0.1, -0.05) is 13.8 Å². The fourth-order valence-corrected chi connectivity index (χ4v) is 2.26. The van der Waals surface area contributed by atoms with Crippen molar-refractivity contribution in [2.75, 3.05) is 0 Å². The molecule has 0 atom stereocenters. The quantitative estimate of drug-likeness (QED) is 0.797. The largest absolute Gasteiger partial charge is 0.369 e. The summed E-state index contributed by atoms with van der Waals surface area (Å²) >= 11 is 0. The van der Waals surface area contributed by atoms with Crippen molar-refractivity contribution >= 4 is 0 Å². The molecule has 0 unspecified atom stereocenters. The van der Waals surface area contributed by atoms with Crippen LogP contribution in [-0.2, 0) is 4.74 Å². The van der Waals surface area contributed by atoms with Crippen LogP contribution in [0.3, 0.4) is 0 Å². The van der Waals surface area contributed by atoms with E-state index in [-0.39, 0.29) is 22.2 Å². The summed E-state index contributed by atoms with van der Waals surface area (Å²) in [6, 6.07) is 0. The third kappa shape index (κ3) is 5.31. The van der Waals surface area contributed by atoms with Crippen LogP contribution in [0.4, 0.5) is 0 Å². The van der Waals surface area contributed by atoms with Crippen molar-refractivity contribution < 1.29 is 4.74 Å². The molecule has 2 nitrogen and oxygen atoms in total. The van der Waals surface area contributed by atoms with Crippen LogP contribution >= 0.6 is 0 Å². The third-order valence-electron chi connectivity index (χ3n) is 3.09. The molecule has 0 aliphatic rings. The molecule has 0 fully saturated rings. The standard InChI is InChI=1S/C14H31NO/c1-11(2,3)16-14(8,9)12(4,5)10-13(6,7)15/h10,15H2,1-9H3. The summed E-state index contributed by atoms with van der Waals surface area (Å²) in [5.41, 5.74) is 5.68. The van der Waals surface area contributed by atoms with E-state index in [1.807, 2.05) is 0 Å². The number of nitrogens with two attached hydrogens (primary N) is 1. The molecule has 0 heterocycles. The van der Waals surface area contributed by atoms with Gasteiger partial charge in [0.2, 0.25) is 0 Å². The van der Waals surface area contributed by atoms with E-state index in [9.17, 15) is 0 Å². The van der Waals surface area contributed by atoms with Crippen molar-refractivity contribution in [3.05, 3.63) is 0 Å². The summed E-state index contributed by atoms with van der Waals surface area (Å²) in [7, 11) is 0. The Hall–Kier alpha value is -0.0800. The number of hydrogen-bond donors (Lipinski definition) is 1. The van der Waals surface area contributed by atoms with Gasteiger partial charge in [0, 0.05) is 5.54 Å².